The first-order valence-electron chi connectivity index (χ1n) is 13.0. The highest BCUT2D eigenvalue weighted by Crippen LogP contribution is 2.56. The van der Waals surface area contributed by atoms with Crippen LogP contribution in [0.2, 0.25) is 0 Å². The summed E-state index contributed by atoms with van der Waals surface area (Å²) in [7, 11) is -2.67. The van der Waals surface area contributed by atoms with Crippen LogP contribution in [0.1, 0.15) is 61.9 Å². The summed E-state index contributed by atoms with van der Waals surface area (Å²) < 4.78 is 21.9. The summed E-state index contributed by atoms with van der Waals surface area (Å²) in [6.45, 7) is 3.58. The third-order valence-corrected chi connectivity index (χ3v) is 10.3. The van der Waals surface area contributed by atoms with Crippen molar-refractivity contribution >= 4 is 15.8 Å². The largest absolute Gasteiger partial charge is 0.323 e. The predicted molar refractivity (Wildman–Crippen MR) is 132 cm³/mol. The average Bonchev–Trinajstić information content (AvgIpc) is 3.44. The molecule has 1 aromatic carbocycles. The minimum atomic E-state index is -2.67. The molecule has 8 nitrogen and oxygen atoms in total. The zero-order valence-electron chi connectivity index (χ0n) is 20.4. The number of hydrogen-bond acceptors (Lipinski definition) is 5. The fourth-order valence-electron chi connectivity index (χ4n) is 7.19. The first-order chi connectivity index (χ1) is 16.7. The van der Waals surface area contributed by atoms with Gasteiger partial charge in [0.2, 0.25) is 0 Å². The van der Waals surface area contributed by atoms with E-state index in [0.29, 0.717) is 33.6 Å². The van der Waals surface area contributed by atoms with Gasteiger partial charge in [0.25, 0.3) is 0 Å². The van der Waals surface area contributed by atoms with Crippen molar-refractivity contribution < 1.29 is 9.00 Å². The molecule has 9 heteroatoms. The normalized spacial score (nSPS) is 26.5. The number of rotatable bonds is 5. The lowest BCUT2D eigenvalue weighted by Gasteiger charge is -2.63. The van der Waals surface area contributed by atoms with E-state index in [1.807, 2.05) is 28.3 Å². The molecule has 1 atom stereocenters. The molecule has 2 aromatic rings. The lowest BCUT2D eigenvalue weighted by Crippen LogP contribution is -2.71. The molecule has 2 saturated heterocycles. The molecule has 7 rings (SSSR count). The van der Waals surface area contributed by atoms with Gasteiger partial charge in [-0.2, -0.15) is 5.10 Å². The van der Waals surface area contributed by atoms with Crippen molar-refractivity contribution in [2.75, 3.05) is 32.4 Å². The van der Waals surface area contributed by atoms with Crippen LogP contribution >= 0.6 is 0 Å². The number of aromatic nitrogens is 3. The molecule has 0 bridgehead atoms. The summed E-state index contributed by atoms with van der Waals surface area (Å²) >= 11 is 0. The molecule has 5 fully saturated rings. The summed E-state index contributed by atoms with van der Waals surface area (Å²) in [4.78, 5) is 22.2. The smallest absolute Gasteiger partial charge is 0.320 e. The van der Waals surface area contributed by atoms with E-state index < -0.39 is 9.73 Å². The third kappa shape index (κ3) is 3.77. The molecule has 35 heavy (non-hydrogen) atoms. The highest BCUT2D eigenvalue weighted by molar-refractivity contribution is 7.91. The van der Waals surface area contributed by atoms with Gasteiger partial charge < -0.3 is 9.80 Å². The number of hydrogen-bond donors (Lipinski definition) is 1. The number of carbonyl (C=O) groups is 1. The number of carbonyl (C=O) groups excluding carboxylic acids is 1. The van der Waals surface area contributed by atoms with Crippen LogP contribution in [-0.2, 0) is 16.1 Å². The maximum atomic E-state index is 13.0. The van der Waals surface area contributed by atoms with Gasteiger partial charge in [-0.1, -0.05) is 12.1 Å². The second-order valence-corrected chi connectivity index (χ2v) is 14.5. The van der Waals surface area contributed by atoms with Crippen molar-refractivity contribution in [2.45, 2.75) is 61.8 Å². The maximum absolute atomic E-state index is 13.0. The van der Waals surface area contributed by atoms with Crippen LogP contribution in [0.3, 0.4) is 0 Å². The molecule has 2 amide bonds. The Morgan fingerprint density at radius 3 is 2.37 bits per heavy atom. The van der Waals surface area contributed by atoms with E-state index in [1.165, 1.54) is 24.7 Å². The Hall–Kier alpha value is -2.42. The fraction of sp³-hybridized carbons (Fsp3) is 0.654. The van der Waals surface area contributed by atoms with Crippen LogP contribution in [0.15, 0.2) is 35.5 Å². The zero-order chi connectivity index (χ0) is 24.0. The van der Waals surface area contributed by atoms with Crippen molar-refractivity contribution in [3.8, 4) is 0 Å². The van der Waals surface area contributed by atoms with Gasteiger partial charge in [-0.15, -0.1) is 0 Å². The van der Waals surface area contributed by atoms with E-state index in [0.717, 1.165) is 64.1 Å². The summed E-state index contributed by atoms with van der Waals surface area (Å²) in [5, 5.41) is 4.70. The number of amides is 2. The highest BCUT2D eigenvalue weighted by Gasteiger charge is 2.58. The van der Waals surface area contributed by atoms with Gasteiger partial charge in [-0.3, -0.25) is 0 Å². The fourth-order valence-corrected chi connectivity index (χ4v) is 7.91. The molecule has 0 radical (unpaired) electrons. The molecule has 2 spiro atoms. The number of likely N-dealkylation sites (tertiary alicyclic amines) is 2. The van der Waals surface area contributed by atoms with Gasteiger partial charge in [0.15, 0.2) is 5.82 Å². The van der Waals surface area contributed by atoms with Crippen molar-refractivity contribution in [1.82, 2.24) is 24.6 Å². The van der Waals surface area contributed by atoms with Crippen molar-refractivity contribution in [1.29, 1.82) is 4.78 Å². The quantitative estimate of drug-likeness (QED) is 0.682. The molecular formula is C26H34N6O2S. The Balaban J connectivity index is 0.855. The van der Waals surface area contributed by atoms with Gasteiger partial charge in [0.1, 0.15) is 6.33 Å². The molecule has 1 unspecified atom stereocenters. The molecule has 3 heterocycles. The second-order valence-electron chi connectivity index (χ2n) is 12.4. The number of urea groups is 1. The van der Waals surface area contributed by atoms with E-state index in [2.05, 4.69) is 15.7 Å². The Labute approximate surface area is 207 Å². The molecule has 1 N–H and O–H groups in total. The number of benzene rings is 1. The Kier molecular flexibility index (Phi) is 4.56. The van der Waals surface area contributed by atoms with Gasteiger partial charge in [-0.05, 0) is 68.6 Å². The number of nitrogens with one attached hydrogen (secondary N) is 1. The molecule has 1 aromatic heterocycles. The van der Waals surface area contributed by atoms with Gasteiger partial charge >= 0.3 is 6.03 Å². The van der Waals surface area contributed by atoms with E-state index in [9.17, 15) is 9.00 Å². The van der Waals surface area contributed by atoms with Crippen LogP contribution < -0.4 is 0 Å². The molecule has 5 aliphatic rings. The summed E-state index contributed by atoms with van der Waals surface area (Å²) in [6.07, 6.45) is 11.4. The highest BCUT2D eigenvalue weighted by atomic mass is 32.2. The van der Waals surface area contributed by atoms with E-state index in [1.54, 1.807) is 6.07 Å². The first-order valence-corrected chi connectivity index (χ1v) is 14.9. The van der Waals surface area contributed by atoms with Crippen LogP contribution in [0.5, 0.6) is 0 Å². The lowest BCUT2D eigenvalue weighted by atomic mass is 9.56. The standard InChI is InChI=1S/C26H34N6O2S/c1-35(27,34)22-4-2-3-18(8-22)7-19-9-25(10-19)13-30(14-25)24(33)31-15-26(16-31)11-21(12-26)32-17-28-23(29-32)20-5-6-20/h2-4,8,17,19-21,27H,5-7,9-16H2,1H3. The molecule has 3 saturated carbocycles. The van der Waals surface area contributed by atoms with Crippen LogP contribution in [0.4, 0.5) is 4.79 Å². The van der Waals surface area contributed by atoms with Gasteiger partial charge in [0, 0.05) is 54.1 Å². The topological polar surface area (TPSA) is 95.2 Å². The molecule has 2 aliphatic heterocycles. The molecule has 186 valence electrons. The van der Waals surface area contributed by atoms with Crippen LogP contribution in [0.25, 0.3) is 0 Å². The first kappa shape index (κ1) is 21.8. The third-order valence-electron chi connectivity index (χ3n) is 9.14. The van der Waals surface area contributed by atoms with Crippen molar-refractivity contribution in [3.05, 3.63) is 42.0 Å². The Morgan fingerprint density at radius 2 is 1.74 bits per heavy atom. The summed E-state index contributed by atoms with van der Waals surface area (Å²) in [5.41, 5.74) is 1.81. The zero-order valence-corrected chi connectivity index (χ0v) is 21.2. The van der Waals surface area contributed by atoms with E-state index in [-0.39, 0.29) is 6.03 Å². The average molecular weight is 495 g/mol. The molecule has 3 aliphatic carbocycles. The van der Waals surface area contributed by atoms with Crippen molar-refractivity contribution in [3.63, 3.8) is 0 Å². The predicted octanol–water partition coefficient (Wildman–Crippen LogP) is 3.90. The summed E-state index contributed by atoms with van der Waals surface area (Å²) in [5.74, 6) is 2.25. The summed E-state index contributed by atoms with van der Waals surface area (Å²) in [6, 6.07) is 8.41. The van der Waals surface area contributed by atoms with Gasteiger partial charge in [-0.25, -0.2) is 23.4 Å². The SMILES string of the molecule is CS(=N)(=O)c1cccc(CC2CC3(C2)CN(C(=O)N2CC4(CC(n5cnc(C6CC6)n5)C4)C2)C3)c1. The Bertz CT molecular complexity index is 1270. The lowest BCUT2D eigenvalue weighted by molar-refractivity contribution is -0.107. The minimum absolute atomic E-state index is 0.228. The monoisotopic (exact) mass is 494 g/mol. The van der Waals surface area contributed by atoms with Gasteiger partial charge in [0.05, 0.1) is 15.8 Å². The minimum Gasteiger partial charge on any atom is -0.323 e. The van der Waals surface area contributed by atoms with E-state index >= 15 is 0 Å². The van der Waals surface area contributed by atoms with E-state index in [4.69, 9.17) is 9.88 Å². The Morgan fingerprint density at radius 1 is 1.09 bits per heavy atom. The number of nitrogens with zero attached hydrogens (tertiary/aromatic N) is 5. The van der Waals surface area contributed by atoms with Crippen LogP contribution in [0, 0.1) is 21.5 Å². The second kappa shape index (κ2) is 7.31. The van der Waals surface area contributed by atoms with Crippen molar-refractivity contribution in [2.24, 2.45) is 16.7 Å². The van der Waals surface area contributed by atoms with Crippen LogP contribution in [-0.4, -0.2) is 67.2 Å². The maximum Gasteiger partial charge on any atom is 0.320 e. The molecular weight excluding hydrogens is 460 g/mol.